The molecule has 1 aliphatic carbocycles. The molecule has 0 bridgehead atoms. The van der Waals surface area contributed by atoms with Gasteiger partial charge in [-0.05, 0) is 56.9 Å². The number of carbonyl (C=O) groups excluding carboxylic acids is 1. The van der Waals surface area contributed by atoms with Gasteiger partial charge in [-0.3, -0.25) is 4.79 Å². The number of hydrogen-bond acceptors (Lipinski definition) is 5. The highest BCUT2D eigenvalue weighted by Crippen LogP contribution is 2.37. The second kappa shape index (κ2) is 7.97. The molecular formula is C22H32N4OS. The van der Waals surface area contributed by atoms with Crippen LogP contribution in [0.15, 0.2) is 0 Å². The number of nitrogens with one attached hydrogen (secondary N) is 1. The zero-order chi connectivity index (χ0) is 19.8. The Morgan fingerprint density at radius 1 is 1.07 bits per heavy atom. The average Bonchev–Trinajstić information content (AvgIpc) is 3.02. The van der Waals surface area contributed by atoms with Gasteiger partial charge in [0, 0.05) is 19.1 Å². The summed E-state index contributed by atoms with van der Waals surface area (Å²) in [6.45, 7) is 10.7. The van der Waals surface area contributed by atoms with E-state index in [1.807, 2.05) is 6.92 Å². The van der Waals surface area contributed by atoms with Crippen LogP contribution in [0.1, 0.15) is 73.4 Å². The molecular weight excluding hydrogens is 368 g/mol. The molecule has 6 heteroatoms. The highest BCUT2D eigenvalue weighted by atomic mass is 32.1. The van der Waals surface area contributed by atoms with Crippen LogP contribution in [0.4, 0.5) is 5.82 Å². The molecule has 2 aromatic rings. The van der Waals surface area contributed by atoms with E-state index in [1.165, 1.54) is 43.4 Å². The summed E-state index contributed by atoms with van der Waals surface area (Å²) in [4.78, 5) is 26.8. The molecule has 3 atom stereocenters. The van der Waals surface area contributed by atoms with E-state index in [0.29, 0.717) is 11.8 Å². The molecule has 5 nitrogen and oxygen atoms in total. The van der Waals surface area contributed by atoms with Crippen molar-refractivity contribution in [1.82, 2.24) is 15.3 Å². The van der Waals surface area contributed by atoms with Crippen molar-refractivity contribution < 1.29 is 4.79 Å². The molecule has 152 valence electrons. The lowest BCUT2D eigenvalue weighted by Crippen LogP contribution is -2.43. The maximum absolute atomic E-state index is 13.2. The van der Waals surface area contributed by atoms with Crippen LogP contribution in [0, 0.1) is 25.7 Å². The molecule has 1 N–H and O–H groups in total. The average molecular weight is 401 g/mol. The standard InChI is InChI=1S/C22H32N4OS/c1-13-9-8-10-17(14(13)2)25-21(27)19-15(3)18-20(26-11-6-5-7-12-26)23-16(4)24-22(18)28-19/h13-14,17H,5-12H2,1-4H3,(H,25,27). The second-order valence-corrected chi connectivity index (χ2v) is 9.72. The van der Waals surface area contributed by atoms with Crippen LogP contribution in [-0.2, 0) is 0 Å². The summed E-state index contributed by atoms with van der Waals surface area (Å²) in [5, 5.41) is 4.42. The van der Waals surface area contributed by atoms with Gasteiger partial charge in [-0.1, -0.05) is 26.7 Å². The number of aromatic nitrogens is 2. The predicted molar refractivity (Wildman–Crippen MR) is 116 cm³/mol. The van der Waals surface area contributed by atoms with Gasteiger partial charge in [0.1, 0.15) is 16.5 Å². The maximum atomic E-state index is 13.2. The summed E-state index contributed by atoms with van der Waals surface area (Å²) in [6.07, 6.45) is 7.25. The van der Waals surface area contributed by atoms with Crippen molar-refractivity contribution in [3.63, 3.8) is 0 Å². The fourth-order valence-corrected chi connectivity index (χ4v) is 5.92. The van der Waals surface area contributed by atoms with Crippen LogP contribution in [0.25, 0.3) is 10.2 Å². The predicted octanol–water partition coefficient (Wildman–Crippen LogP) is 4.85. The highest BCUT2D eigenvalue weighted by molar-refractivity contribution is 7.20. The van der Waals surface area contributed by atoms with E-state index in [1.54, 1.807) is 0 Å². The first-order valence-corrected chi connectivity index (χ1v) is 11.6. The van der Waals surface area contributed by atoms with Gasteiger partial charge < -0.3 is 10.2 Å². The third kappa shape index (κ3) is 3.63. The number of nitrogens with zero attached hydrogens (tertiary/aromatic N) is 3. The van der Waals surface area contributed by atoms with E-state index >= 15 is 0 Å². The first-order valence-electron chi connectivity index (χ1n) is 10.8. The van der Waals surface area contributed by atoms with Crippen molar-refractivity contribution in [2.45, 2.75) is 72.3 Å². The molecule has 28 heavy (non-hydrogen) atoms. The van der Waals surface area contributed by atoms with Crippen LogP contribution < -0.4 is 10.2 Å². The maximum Gasteiger partial charge on any atom is 0.261 e. The SMILES string of the molecule is Cc1nc(N2CCCCC2)c2c(C)c(C(=O)NC3CCCC(C)C3C)sc2n1. The summed E-state index contributed by atoms with van der Waals surface area (Å²) < 4.78 is 0. The Morgan fingerprint density at radius 2 is 1.82 bits per heavy atom. The number of carbonyl (C=O) groups is 1. The minimum atomic E-state index is 0.0636. The lowest BCUT2D eigenvalue weighted by molar-refractivity contribution is 0.0895. The molecule has 1 saturated heterocycles. The fourth-order valence-electron chi connectivity index (χ4n) is 4.79. The van der Waals surface area contributed by atoms with Crippen LogP contribution >= 0.6 is 11.3 Å². The van der Waals surface area contributed by atoms with Gasteiger partial charge in [-0.25, -0.2) is 9.97 Å². The summed E-state index contributed by atoms with van der Waals surface area (Å²) in [5.41, 5.74) is 1.04. The number of hydrogen-bond donors (Lipinski definition) is 1. The molecule has 4 rings (SSSR count). The Labute approximate surface area is 171 Å². The summed E-state index contributed by atoms with van der Waals surface area (Å²) in [6, 6.07) is 0.273. The zero-order valence-electron chi connectivity index (χ0n) is 17.5. The van der Waals surface area contributed by atoms with E-state index < -0.39 is 0 Å². The van der Waals surface area contributed by atoms with Crippen LogP contribution in [-0.4, -0.2) is 35.0 Å². The van der Waals surface area contributed by atoms with E-state index in [4.69, 9.17) is 4.98 Å². The molecule has 0 aromatic carbocycles. The van der Waals surface area contributed by atoms with Gasteiger partial charge in [0.15, 0.2) is 0 Å². The number of thiophene rings is 1. The van der Waals surface area contributed by atoms with Crippen molar-refractivity contribution in [2.75, 3.05) is 18.0 Å². The van der Waals surface area contributed by atoms with E-state index in [0.717, 1.165) is 51.8 Å². The summed E-state index contributed by atoms with van der Waals surface area (Å²) >= 11 is 1.53. The molecule has 1 aliphatic heterocycles. The minimum Gasteiger partial charge on any atom is -0.356 e. The molecule has 2 fully saturated rings. The summed E-state index contributed by atoms with van der Waals surface area (Å²) in [5.74, 6) is 3.07. The van der Waals surface area contributed by atoms with Crippen molar-refractivity contribution in [3.05, 3.63) is 16.3 Å². The van der Waals surface area contributed by atoms with E-state index in [-0.39, 0.29) is 11.9 Å². The first-order chi connectivity index (χ1) is 13.5. The zero-order valence-corrected chi connectivity index (χ0v) is 18.4. The lowest BCUT2D eigenvalue weighted by Gasteiger charge is -2.34. The van der Waals surface area contributed by atoms with Gasteiger partial charge in [-0.2, -0.15) is 0 Å². The van der Waals surface area contributed by atoms with Gasteiger partial charge in [-0.15, -0.1) is 11.3 Å². The lowest BCUT2D eigenvalue weighted by atomic mass is 9.78. The number of rotatable bonds is 3. The number of anilines is 1. The monoisotopic (exact) mass is 400 g/mol. The molecule has 1 saturated carbocycles. The van der Waals surface area contributed by atoms with Crippen molar-refractivity contribution in [3.8, 4) is 0 Å². The molecule has 3 heterocycles. The Bertz CT molecular complexity index is 871. The van der Waals surface area contributed by atoms with E-state index in [2.05, 4.69) is 36.0 Å². The number of piperidine rings is 1. The van der Waals surface area contributed by atoms with Crippen LogP contribution in [0.2, 0.25) is 0 Å². The van der Waals surface area contributed by atoms with Crippen LogP contribution in [0.5, 0.6) is 0 Å². The Hall–Kier alpha value is -1.69. The number of aryl methyl sites for hydroxylation is 2. The number of amides is 1. The largest absolute Gasteiger partial charge is 0.356 e. The molecule has 2 aromatic heterocycles. The molecule has 0 radical (unpaired) electrons. The quantitative estimate of drug-likeness (QED) is 0.800. The third-order valence-electron chi connectivity index (χ3n) is 6.77. The molecule has 1 amide bonds. The van der Waals surface area contributed by atoms with Crippen molar-refractivity contribution in [2.24, 2.45) is 11.8 Å². The normalized spacial score (nSPS) is 25.9. The van der Waals surface area contributed by atoms with E-state index in [9.17, 15) is 4.79 Å². The Balaban J connectivity index is 1.66. The smallest absolute Gasteiger partial charge is 0.261 e. The fraction of sp³-hybridized carbons (Fsp3) is 0.682. The van der Waals surface area contributed by atoms with Crippen molar-refractivity contribution >= 4 is 33.3 Å². The van der Waals surface area contributed by atoms with Gasteiger partial charge in [0.2, 0.25) is 0 Å². The van der Waals surface area contributed by atoms with Gasteiger partial charge in [0.05, 0.1) is 10.3 Å². The Kier molecular flexibility index (Phi) is 5.59. The topological polar surface area (TPSA) is 58.1 Å². The van der Waals surface area contributed by atoms with Crippen molar-refractivity contribution in [1.29, 1.82) is 0 Å². The highest BCUT2D eigenvalue weighted by Gasteiger charge is 2.30. The molecule has 2 aliphatic rings. The summed E-state index contributed by atoms with van der Waals surface area (Å²) in [7, 11) is 0. The van der Waals surface area contributed by atoms with Gasteiger partial charge >= 0.3 is 0 Å². The second-order valence-electron chi connectivity index (χ2n) is 8.73. The molecule has 0 spiro atoms. The van der Waals surface area contributed by atoms with Crippen LogP contribution in [0.3, 0.4) is 0 Å². The first kappa shape index (κ1) is 19.6. The molecule has 3 unspecified atom stereocenters. The minimum absolute atomic E-state index is 0.0636. The van der Waals surface area contributed by atoms with Gasteiger partial charge in [0.25, 0.3) is 5.91 Å². The number of fused-ring (bicyclic) bond motifs is 1. The Morgan fingerprint density at radius 3 is 2.57 bits per heavy atom. The third-order valence-corrected chi connectivity index (χ3v) is 7.95.